The van der Waals surface area contributed by atoms with E-state index in [1.807, 2.05) is 13.8 Å². The van der Waals surface area contributed by atoms with Gasteiger partial charge in [-0.1, -0.05) is 0 Å². The summed E-state index contributed by atoms with van der Waals surface area (Å²) < 4.78 is 21.5. The van der Waals surface area contributed by atoms with Gasteiger partial charge in [0.1, 0.15) is 5.75 Å². The van der Waals surface area contributed by atoms with Crippen molar-refractivity contribution in [1.29, 1.82) is 5.26 Å². The molecule has 0 radical (unpaired) electrons. The van der Waals surface area contributed by atoms with Crippen LogP contribution in [-0.2, 0) is 0 Å². The van der Waals surface area contributed by atoms with Crippen LogP contribution < -0.4 is 18.9 Å². The van der Waals surface area contributed by atoms with E-state index in [-0.39, 0.29) is 5.41 Å². The predicted molar refractivity (Wildman–Crippen MR) is 80.2 cm³/mol. The standard InChI is InChI=1S/C16H23NO4/c1-16(2,11-17)7-6-8-21-12-9-13(18-3)15(20-5)14(10-12)19-4/h9-10H,6-8H2,1-5H3. The van der Waals surface area contributed by atoms with Crippen molar-refractivity contribution in [3.8, 4) is 29.1 Å². The van der Waals surface area contributed by atoms with Crippen molar-refractivity contribution in [3.63, 3.8) is 0 Å². The maximum absolute atomic E-state index is 8.97. The summed E-state index contributed by atoms with van der Waals surface area (Å²) in [5, 5.41) is 8.97. The number of hydrogen-bond donors (Lipinski definition) is 0. The topological polar surface area (TPSA) is 60.7 Å². The largest absolute Gasteiger partial charge is 0.493 e. The van der Waals surface area contributed by atoms with Crippen molar-refractivity contribution >= 4 is 0 Å². The van der Waals surface area contributed by atoms with Crippen LogP contribution in [0, 0.1) is 16.7 Å². The number of benzene rings is 1. The molecule has 0 spiro atoms. The minimum atomic E-state index is -0.321. The maximum Gasteiger partial charge on any atom is 0.203 e. The van der Waals surface area contributed by atoms with Gasteiger partial charge < -0.3 is 18.9 Å². The molecule has 0 unspecified atom stereocenters. The average molecular weight is 293 g/mol. The second-order valence-electron chi connectivity index (χ2n) is 5.31. The molecule has 0 amide bonds. The van der Waals surface area contributed by atoms with Crippen molar-refractivity contribution in [2.75, 3.05) is 27.9 Å². The Morgan fingerprint density at radius 2 is 1.62 bits per heavy atom. The van der Waals surface area contributed by atoms with Crippen LogP contribution in [0.1, 0.15) is 26.7 Å². The second kappa shape index (κ2) is 7.63. The fourth-order valence-electron chi connectivity index (χ4n) is 1.90. The van der Waals surface area contributed by atoms with E-state index in [0.29, 0.717) is 29.6 Å². The lowest BCUT2D eigenvalue weighted by atomic mass is 9.90. The summed E-state index contributed by atoms with van der Waals surface area (Å²) in [6, 6.07) is 5.80. The Labute approximate surface area is 126 Å². The molecule has 1 rings (SSSR count). The molecule has 0 bridgehead atoms. The van der Waals surface area contributed by atoms with Gasteiger partial charge in [0, 0.05) is 12.1 Å². The van der Waals surface area contributed by atoms with Gasteiger partial charge in [-0.05, 0) is 26.7 Å². The molecule has 0 saturated heterocycles. The molecule has 0 saturated carbocycles. The molecule has 0 aliphatic carbocycles. The second-order valence-corrected chi connectivity index (χ2v) is 5.31. The number of hydrogen-bond acceptors (Lipinski definition) is 5. The lowest BCUT2D eigenvalue weighted by Crippen LogP contribution is -2.10. The Bertz CT molecular complexity index is 480. The van der Waals surface area contributed by atoms with E-state index < -0.39 is 0 Å². The summed E-state index contributed by atoms with van der Waals surface area (Å²) in [5.74, 6) is 2.31. The van der Waals surface area contributed by atoms with Crippen LogP contribution in [0.25, 0.3) is 0 Å². The zero-order valence-electron chi connectivity index (χ0n) is 13.4. The van der Waals surface area contributed by atoms with Gasteiger partial charge in [-0.2, -0.15) is 5.26 Å². The van der Waals surface area contributed by atoms with Gasteiger partial charge in [0.15, 0.2) is 11.5 Å². The highest BCUT2D eigenvalue weighted by Gasteiger charge is 2.17. The van der Waals surface area contributed by atoms with Crippen LogP contribution in [-0.4, -0.2) is 27.9 Å². The zero-order chi connectivity index (χ0) is 15.9. The SMILES string of the molecule is COc1cc(OCCCC(C)(C)C#N)cc(OC)c1OC. The number of nitrogens with zero attached hydrogens (tertiary/aromatic N) is 1. The summed E-state index contributed by atoms with van der Waals surface area (Å²) in [6.45, 7) is 4.38. The van der Waals surface area contributed by atoms with Crippen LogP contribution in [0.5, 0.6) is 23.0 Å². The van der Waals surface area contributed by atoms with Crippen molar-refractivity contribution < 1.29 is 18.9 Å². The molecule has 1 aromatic rings. The van der Waals surface area contributed by atoms with Gasteiger partial charge in [0.05, 0.1) is 39.4 Å². The quantitative estimate of drug-likeness (QED) is 0.687. The maximum atomic E-state index is 8.97. The molecule has 116 valence electrons. The summed E-state index contributed by atoms with van der Waals surface area (Å²) in [4.78, 5) is 0. The van der Waals surface area contributed by atoms with Crippen molar-refractivity contribution in [2.24, 2.45) is 5.41 Å². The van der Waals surface area contributed by atoms with E-state index in [1.54, 1.807) is 33.5 Å². The highest BCUT2D eigenvalue weighted by Crippen LogP contribution is 2.40. The fraction of sp³-hybridized carbons (Fsp3) is 0.562. The number of methoxy groups -OCH3 is 3. The minimum Gasteiger partial charge on any atom is -0.493 e. The highest BCUT2D eigenvalue weighted by atomic mass is 16.5. The molecule has 0 aliphatic heterocycles. The first kappa shape index (κ1) is 17.0. The Morgan fingerprint density at radius 1 is 1.05 bits per heavy atom. The fourth-order valence-corrected chi connectivity index (χ4v) is 1.90. The molecule has 21 heavy (non-hydrogen) atoms. The molecular weight excluding hydrogens is 270 g/mol. The summed E-state index contributed by atoms with van der Waals surface area (Å²) in [6.07, 6.45) is 1.59. The van der Waals surface area contributed by atoms with Gasteiger partial charge in [-0.25, -0.2) is 0 Å². The van der Waals surface area contributed by atoms with Crippen molar-refractivity contribution in [3.05, 3.63) is 12.1 Å². The molecule has 5 nitrogen and oxygen atoms in total. The lowest BCUT2D eigenvalue weighted by molar-refractivity contribution is 0.276. The van der Waals surface area contributed by atoms with E-state index in [2.05, 4.69) is 6.07 Å². The Morgan fingerprint density at radius 3 is 2.05 bits per heavy atom. The normalized spacial score (nSPS) is 10.7. The average Bonchev–Trinajstić information content (AvgIpc) is 2.50. The molecule has 0 atom stereocenters. The van der Waals surface area contributed by atoms with E-state index in [4.69, 9.17) is 24.2 Å². The van der Waals surface area contributed by atoms with Crippen LogP contribution in [0.3, 0.4) is 0 Å². The Kier molecular flexibility index (Phi) is 6.16. The van der Waals surface area contributed by atoms with E-state index in [0.717, 1.165) is 12.8 Å². The van der Waals surface area contributed by atoms with E-state index in [1.165, 1.54) is 0 Å². The third-order valence-corrected chi connectivity index (χ3v) is 3.16. The first-order chi connectivity index (χ1) is 9.97. The summed E-state index contributed by atoms with van der Waals surface area (Å²) in [7, 11) is 4.69. The van der Waals surface area contributed by atoms with Crippen LogP contribution in [0.15, 0.2) is 12.1 Å². The third-order valence-electron chi connectivity index (χ3n) is 3.16. The Balaban J connectivity index is 2.70. The first-order valence-corrected chi connectivity index (χ1v) is 6.81. The third kappa shape index (κ3) is 4.75. The highest BCUT2D eigenvalue weighted by molar-refractivity contribution is 5.55. The van der Waals surface area contributed by atoms with Crippen LogP contribution >= 0.6 is 0 Å². The van der Waals surface area contributed by atoms with Gasteiger partial charge >= 0.3 is 0 Å². The van der Waals surface area contributed by atoms with Crippen LogP contribution in [0.4, 0.5) is 0 Å². The molecule has 5 heteroatoms. The first-order valence-electron chi connectivity index (χ1n) is 6.81. The molecule has 1 aromatic carbocycles. The van der Waals surface area contributed by atoms with Gasteiger partial charge in [-0.3, -0.25) is 0 Å². The van der Waals surface area contributed by atoms with E-state index in [9.17, 15) is 0 Å². The molecular formula is C16H23NO4. The van der Waals surface area contributed by atoms with Gasteiger partial charge in [-0.15, -0.1) is 0 Å². The molecule has 0 aromatic heterocycles. The predicted octanol–water partition coefficient (Wildman–Crippen LogP) is 3.42. The molecule has 0 fully saturated rings. The molecule has 0 N–H and O–H groups in total. The van der Waals surface area contributed by atoms with E-state index >= 15 is 0 Å². The summed E-state index contributed by atoms with van der Waals surface area (Å²) in [5.41, 5.74) is -0.321. The van der Waals surface area contributed by atoms with Gasteiger partial charge in [0.2, 0.25) is 5.75 Å². The van der Waals surface area contributed by atoms with Crippen LogP contribution in [0.2, 0.25) is 0 Å². The monoisotopic (exact) mass is 293 g/mol. The molecule has 0 aliphatic rings. The Hall–Kier alpha value is -2.09. The van der Waals surface area contributed by atoms with Crippen molar-refractivity contribution in [1.82, 2.24) is 0 Å². The van der Waals surface area contributed by atoms with Crippen molar-refractivity contribution in [2.45, 2.75) is 26.7 Å². The smallest absolute Gasteiger partial charge is 0.203 e. The van der Waals surface area contributed by atoms with Gasteiger partial charge in [0.25, 0.3) is 0 Å². The summed E-state index contributed by atoms with van der Waals surface area (Å²) >= 11 is 0. The lowest BCUT2D eigenvalue weighted by Gasteiger charge is -2.16. The zero-order valence-corrected chi connectivity index (χ0v) is 13.4. The minimum absolute atomic E-state index is 0.321. The number of ether oxygens (including phenoxy) is 4. The number of nitriles is 1. The number of rotatable bonds is 8. The molecule has 0 heterocycles.